The molecule has 2 heterocycles. The first-order valence-corrected chi connectivity index (χ1v) is 10.8. The van der Waals surface area contributed by atoms with Gasteiger partial charge in [0.15, 0.2) is 15.0 Å². The van der Waals surface area contributed by atoms with Crippen LogP contribution in [0.1, 0.15) is 19.3 Å². The van der Waals surface area contributed by atoms with E-state index in [0.29, 0.717) is 6.07 Å². The van der Waals surface area contributed by atoms with Crippen LogP contribution in [0, 0.1) is 11.6 Å². The van der Waals surface area contributed by atoms with Crippen molar-refractivity contribution in [1.29, 1.82) is 0 Å². The highest BCUT2D eigenvalue weighted by Crippen LogP contribution is 2.41. The van der Waals surface area contributed by atoms with E-state index in [1.54, 1.807) is 0 Å². The van der Waals surface area contributed by atoms with Crippen LogP contribution in [0.5, 0.6) is 0 Å². The number of anilines is 1. The summed E-state index contributed by atoms with van der Waals surface area (Å²) in [6.07, 6.45) is -0.158. The zero-order valence-electron chi connectivity index (χ0n) is 14.0. The monoisotopic (exact) mass is 418 g/mol. The first kappa shape index (κ1) is 19.7. The number of nitrogens with zero attached hydrogens (tertiary/aromatic N) is 2. The molecule has 1 amide bonds. The summed E-state index contributed by atoms with van der Waals surface area (Å²) in [6.45, 7) is 0. The van der Waals surface area contributed by atoms with E-state index in [9.17, 15) is 26.8 Å². The van der Waals surface area contributed by atoms with Crippen LogP contribution >= 0.6 is 11.8 Å². The summed E-state index contributed by atoms with van der Waals surface area (Å²) in [4.78, 5) is 27.9. The minimum absolute atomic E-state index is 0.0504. The molecule has 7 nitrogen and oxygen atoms in total. The molecule has 11 heteroatoms. The van der Waals surface area contributed by atoms with Crippen molar-refractivity contribution in [1.82, 2.24) is 0 Å². The van der Waals surface area contributed by atoms with Crippen LogP contribution in [0.2, 0.25) is 0 Å². The summed E-state index contributed by atoms with van der Waals surface area (Å²) in [7, 11) is -3.31. The number of rotatable bonds is 5. The van der Waals surface area contributed by atoms with Crippen molar-refractivity contribution in [2.75, 3.05) is 16.4 Å². The maximum atomic E-state index is 14.3. The first-order valence-electron chi connectivity index (χ1n) is 8.11. The van der Waals surface area contributed by atoms with Crippen LogP contribution in [0.3, 0.4) is 0 Å². The van der Waals surface area contributed by atoms with Gasteiger partial charge in [-0.1, -0.05) is 11.8 Å². The van der Waals surface area contributed by atoms with Gasteiger partial charge < -0.3 is 10.0 Å². The second-order valence-electron chi connectivity index (χ2n) is 6.30. The standard InChI is InChI=1S/C16H16F2N2O5S2/c17-9-4-5-11(10(18)6-9)20-12-7-27(24,25)8-13(12)26-16(20)19-14(21)2-1-3-15(22)23/h4-6,12-13H,1-3,7-8H2,(H,22,23)/t12-,13+/m0/s1. The number of carbonyl (C=O) groups excluding carboxylic acids is 1. The minimum Gasteiger partial charge on any atom is -0.481 e. The van der Waals surface area contributed by atoms with Gasteiger partial charge in [0.1, 0.15) is 11.6 Å². The number of carbonyl (C=O) groups is 2. The number of benzene rings is 1. The molecule has 2 fully saturated rings. The maximum Gasteiger partial charge on any atom is 0.303 e. The largest absolute Gasteiger partial charge is 0.481 e. The Kier molecular flexibility index (Phi) is 5.52. The number of halogens is 2. The number of hydrogen-bond acceptors (Lipinski definition) is 5. The zero-order chi connectivity index (χ0) is 19.8. The summed E-state index contributed by atoms with van der Waals surface area (Å²) in [6, 6.07) is 2.31. The van der Waals surface area contributed by atoms with Crippen molar-refractivity contribution in [2.24, 2.45) is 4.99 Å². The van der Waals surface area contributed by atoms with Gasteiger partial charge in [0.25, 0.3) is 0 Å². The number of sulfone groups is 1. The highest BCUT2D eigenvalue weighted by molar-refractivity contribution is 8.16. The van der Waals surface area contributed by atoms with Gasteiger partial charge in [-0.2, -0.15) is 4.99 Å². The summed E-state index contributed by atoms with van der Waals surface area (Å²) in [5.41, 5.74) is -0.0504. The van der Waals surface area contributed by atoms with E-state index in [4.69, 9.17) is 5.11 Å². The summed E-state index contributed by atoms with van der Waals surface area (Å²) >= 11 is 1.07. The van der Waals surface area contributed by atoms with Gasteiger partial charge in [-0.05, 0) is 18.6 Å². The van der Waals surface area contributed by atoms with E-state index in [0.717, 1.165) is 17.8 Å². The fraction of sp³-hybridized carbons (Fsp3) is 0.438. The molecule has 146 valence electrons. The molecule has 0 aromatic heterocycles. The number of aliphatic carboxylic acids is 1. The van der Waals surface area contributed by atoms with E-state index in [1.807, 2.05) is 0 Å². The quantitative estimate of drug-likeness (QED) is 0.778. The lowest BCUT2D eigenvalue weighted by Gasteiger charge is -2.24. The Balaban J connectivity index is 1.89. The molecule has 0 aliphatic carbocycles. The number of aliphatic imine (C=N–C) groups is 1. The van der Waals surface area contributed by atoms with Crippen molar-refractivity contribution in [3.63, 3.8) is 0 Å². The molecule has 27 heavy (non-hydrogen) atoms. The molecule has 0 bridgehead atoms. The Hall–Kier alpha value is -2.01. The fourth-order valence-corrected chi connectivity index (χ4v) is 7.00. The number of thioether (sulfide) groups is 1. The number of amidine groups is 1. The van der Waals surface area contributed by atoms with E-state index in [2.05, 4.69) is 4.99 Å². The molecule has 0 unspecified atom stereocenters. The smallest absolute Gasteiger partial charge is 0.303 e. The van der Waals surface area contributed by atoms with Crippen molar-refractivity contribution < 1.29 is 31.9 Å². The van der Waals surface area contributed by atoms with Gasteiger partial charge in [-0.3, -0.25) is 9.59 Å². The van der Waals surface area contributed by atoms with Gasteiger partial charge >= 0.3 is 5.97 Å². The van der Waals surface area contributed by atoms with Gasteiger partial charge in [-0.25, -0.2) is 17.2 Å². The highest BCUT2D eigenvalue weighted by Gasteiger charge is 2.50. The fourth-order valence-electron chi connectivity index (χ4n) is 3.08. The number of fused-ring (bicyclic) bond motifs is 1. The lowest BCUT2D eigenvalue weighted by Crippen LogP contribution is -2.38. The van der Waals surface area contributed by atoms with Crippen LogP contribution in [-0.2, 0) is 19.4 Å². The van der Waals surface area contributed by atoms with Crippen molar-refractivity contribution in [3.05, 3.63) is 29.8 Å². The van der Waals surface area contributed by atoms with Gasteiger partial charge in [-0.15, -0.1) is 0 Å². The number of carboxylic acids is 1. The van der Waals surface area contributed by atoms with Crippen molar-refractivity contribution in [2.45, 2.75) is 30.6 Å². The van der Waals surface area contributed by atoms with E-state index < -0.39 is 44.6 Å². The number of amides is 1. The van der Waals surface area contributed by atoms with Crippen LogP contribution in [0.15, 0.2) is 23.2 Å². The Bertz CT molecular complexity index is 919. The normalized spacial score (nSPS) is 25.0. The molecular weight excluding hydrogens is 402 g/mol. The van der Waals surface area contributed by atoms with E-state index in [-0.39, 0.29) is 41.6 Å². The average Bonchev–Trinajstić information content (AvgIpc) is 2.98. The maximum absolute atomic E-state index is 14.3. The molecule has 0 saturated carbocycles. The van der Waals surface area contributed by atoms with E-state index >= 15 is 0 Å². The van der Waals surface area contributed by atoms with Crippen molar-refractivity contribution in [3.8, 4) is 0 Å². The SMILES string of the molecule is O=C(O)CCCC(=O)N=C1S[C@@H]2CS(=O)(=O)C[C@@H]2N1c1ccc(F)cc1F. The molecule has 2 aliphatic heterocycles. The lowest BCUT2D eigenvalue weighted by molar-refractivity contribution is -0.137. The molecule has 1 aromatic rings. The summed E-state index contributed by atoms with van der Waals surface area (Å²) in [5, 5.41) is 8.36. The number of hydrogen-bond donors (Lipinski definition) is 1. The second-order valence-corrected chi connectivity index (χ2v) is 9.66. The predicted octanol–water partition coefficient (Wildman–Crippen LogP) is 1.82. The third-order valence-electron chi connectivity index (χ3n) is 4.24. The lowest BCUT2D eigenvalue weighted by atomic mass is 10.2. The number of carboxylic acid groups (broad SMARTS) is 1. The molecule has 3 rings (SSSR count). The molecule has 2 atom stereocenters. The molecule has 0 spiro atoms. The molecule has 1 N–H and O–H groups in total. The topological polar surface area (TPSA) is 104 Å². The first-order chi connectivity index (χ1) is 12.7. The summed E-state index contributed by atoms with van der Waals surface area (Å²) in [5.74, 6) is -3.59. The third-order valence-corrected chi connectivity index (χ3v) is 7.45. The zero-order valence-corrected chi connectivity index (χ0v) is 15.6. The minimum atomic E-state index is -3.31. The highest BCUT2D eigenvalue weighted by atomic mass is 32.2. The second kappa shape index (κ2) is 7.55. The van der Waals surface area contributed by atoms with Crippen LogP contribution in [-0.4, -0.2) is 53.4 Å². The molecule has 1 aromatic carbocycles. The van der Waals surface area contributed by atoms with Crippen LogP contribution in [0.4, 0.5) is 14.5 Å². The van der Waals surface area contributed by atoms with Gasteiger partial charge in [0.05, 0.1) is 23.2 Å². The average molecular weight is 418 g/mol. The predicted molar refractivity (Wildman–Crippen MR) is 96.6 cm³/mol. The van der Waals surface area contributed by atoms with Crippen LogP contribution in [0.25, 0.3) is 0 Å². The Morgan fingerprint density at radius 1 is 1.26 bits per heavy atom. The Morgan fingerprint density at radius 2 is 2.00 bits per heavy atom. The molecule has 0 radical (unpaired) electrons. The van der Waals surface area contributed by atoms with E-state index in [1.165, 1.54) is 11.0 Å². The van der Waals surface area contributed by atoms with Crippen molar-refractivity contribution >= 4 is 44.3 Å². The molecule has 2 aliphatic rings. The Labute approximate surface area is 158 Å². The summed E-state index contributed by atoms with van der Waals surface area (Å²) < 4.78 is 51.4. The third kappa shape index (κ3) is 4.46. The molecule has 2 saturated heterocycles. The van der Waals surface area contributed by atoms with Gasteiger partial charge in [0, 0.05) is 24.2 Å². The molecular formula is C16H16F2N2O5S2. The Morgan fingerprint density at radius 3 is 2.67 bits per heavy atom. The van der Waals surface area contributed by atoms with Gasteiger partial charge in [0.2, 0.25) is 5.91 Å². The van der Waals surface area contributed by atoms with Crippen LogP contribution < -0.4 is 4.90 Å².